The van der Waals surface area contributed by atoms with Crippen LogP contribution in [0.5, 0.6) is 0 Å². The third-order valence-corrected chi connectivity index (χ3v) is 2.21. The van der Waals surface area contributed by atoms with Crippen molar-refractivity contribution in [3.63, 3.8) is 0 Å². The molecule has 1 aliphatic rings. The minimum Gasteiger partial charge on any atom is -0.368 e. The highest BCUT2D eigenvalue weighted by molar-refractivity contribution is 6.31. The van der Waals surface area contributed by atoms with Crippen LogP contribution >= 0.6 is 11.6 Å². The lowest BCUT2D eigenvalue weighted by atomic mass is 10.1. The zero-order chi connectivity index (χ0) is 9.42. The Morgan fingerprint density at radius 3 is 2.85 bits per heavy atom. The fourth-order valence-corrected chi connectivity index (χ4v) is 1.51. The number of benzene rings is 1. The van der Waals surface area contributed by atoms with E-state index in [0.29, 0.717) is 17.2 Å². The molecule has 1 aliphatic heterocycles. The molecule has 0 N–H and O–H groups in total. The van der Waals surface area contributed by atoms with Gasteiger partial charge in [-0.2, -0.15) is 0 Å². The maximum absolute atomic E-state index is 10.6. The number of hydrogen-bond acceptors (Lipinski definition) is 3. The number of nitrogens with zero attached hydrogens (tertiary/aromatic N) is 1. The summed E-state index contributed by atoms with van der Waals surface area (Å²) in [5, 5.41) is 11.0. The van der Waals surface area contributed by atoms with Gasteiger partial charge in [0.15, 0.2) is 0 Å². The zero-order valence-electron chi connectivity index (χ0n) is 6.57. The fraction of sp³-hybridized carbons (Fsp3) is 0.250. The summed E-state index contributed by atoms with van der Waals surface area (Å²) in [6.07, 6.45) is -0.186. The molecule has 1 fully saturated rings. The number of rotatable bonds is 2. The molecule has 0 unspecified atom stereocenters. The first-order valence-electron chi connectivity index (χ1n) is 3.74. The molecule has 1 atom stereocenters. The van der Waals surface area contributed by atoms with E-state index in [-0.39, 0.29) is 11.8 Å². The van der Waals surface area contributed by atoms with Crippen LogP contribution in [0.2, 0.25) is 5.02 Å². The van der Waals surface area contributed by atoms with Gasteiger partial charge < -0.3 is 4.74 Å². The van der Waals surface area contributed by atoms with E-state index in [1.165, 1.54) is 6.07 Å². The Bertz CT molecular complexity index is 362. The van der Waals surface area contributed by atoms with Crippen molar-refractivity contribution in [2.75, 3.05) is 6.61 Å². The van der Waals surface area contributed by atoms with Gasteiger partial charge in [-0.15, -0.1) is 0 Å². The number of nitro groups is 1. The van der Waals surface area contributed by atoms with E-state index in [1.54, 1.807) is 12.1 Å². The van der Waals surface area contributed by atoms with Crippen molar-refractivity contribution in [3.8, 4) is 0 Å². The second kappa shape index (κ2) is 2.97. The largest absolute Gasteiger partial charge is 0.368 e. The molecule has 5 heteroatoms. The maximum Gasteiger partial charge on any atom is 0.276 e. The average Bonchev–Trinajstić information content (AvgIpc) is 2.86. The van der Waals surface area contributed by atoms with Crippen molar-refractivity contribution in [2.45, 2.75) is 6.10 Å². The van der Waals surface area contributed by atoms with Crippen molar-refractivity contribution in [1.82, 2.24) is 0 Å². The summed E-state index contributed by atoms with van der Waals surface area (Å²) in [4.78, 5) is 10.2. The summed E-state index contributed by atoms with van der Waals surface area (Å²) in [6.45, 7) is 0.518. The predicted octanol–water partition coefficient (Wildman–Crippen LogP) is 2.32. The molecule has 0 bridgehead atoms. The first kappa shape index (κ1) is 8.47. The first-order valence-corrected chi connectivity index (χ1v) is 4.12. The Morgan fingerprint density at radius 2 is 2.31 bits per heavy atom. The van der Waals surface area contributed by atoms with E-state index in [2.05, 4.69) is 0 Å². The lowest BCUT2D eigenvalue weighted by Gasteiger charge is -2.00. The van der Waals surface area contributed by atoms with Crippen LogP contribution in [0.15, 0.2) is 18.2 Å². The van der Waals surface area contributed by atoms with Crippen molar-refractivity contribution in [1.29, 1.82) is 0 Å². The predicted molar refractivity (Wildman–Crippen MR) is 46.8 cm³/mol. The number of epoxide rings is 1. The molecule has 0 saturated carbocycles. The molecular weight excluding hydrogens is 194 g/mol. The van der Waals surface area contributed by atoms with Crippen molar-refractivity contribution in [3.05, 3.63) is 38.9 Å². The van der Waals surface area contributed by atoms with Gasteiger partial charge in [0.25, 0.3) is 5.69 Å². The molecule has 0 radical (unpaired) electrons. The summed E-state index contributed by atoms with van der Waals surface area (Å²) < 4.78 is 4.98. The number of hydrogen-bond donors (Lipinski definition) is 0. The van der Waals surface area contributed by atoms with Gasteiger partial charge in [0.1, 0.15) is 6.10 Å². The monoisotopic (exact) mass is 199 g/mol. The number of ether oxygens (including phenoxy) is 1. The van der Waals surface area contributed by atoms with Crippen molar-refractivity contribution >= 4 is 17.3 Å². The molecule has 1 heterocycles. The standard InChI is InChI=1S/C8H6ClNO3/c9-5-2-1-3-6(10(11)12)8(5)7-4-13-7/h1-3,7H,4H2/t7-/m0/s1. The third-order valence-electron chi connectivity index (χ3n) is 1.88. The molecule has 0 aliphatic carbocycles. The quantitative estimate of drug-likeness (QED) is 0.417. The highest BCUT2D eigenvalue weighted by Gasteiger charge is 2.33. The molecular formula is C8H6ClNO3. The Labute approximate surface area is 79.2 Å². The number of halogens is 1. The molecule has 1 aromatic carbocycles. The SMILES string of the molecule is O=[N+]([O-])c1cccc(Cl)c1[C@@H]1CO1. The Kier molecular flexibility index (Phi) is 1.94. The van der Waals surface area contributed by atoms with E-state index in [1.807, 2.05) is 0 Å². The Morgan fingerprint density at radius 1 is 1.62 bits per heavy atom. The van der Waals surface area contributed by atoms with Crippen LogP contribution in [0.4, 0.5) is 5.69 Å². The summed E-state index contributed by atoms with van der Waals surface area (Å²) in [7, 11) is 0. The minimum atomic E-state index is -0.442. The van der Waals surface area contributed by atoms with E-state index in [9.17, 15) is 10.1 Å². The van der Waals surface area contributed by atoms with Gasteiger partial charge in [-0.1, -0.05) is 17.7 Å². The minimum absolute atomic E-state index is 0.0370. The van der Waals surface area contributed by atoms with Gasteiger partial charge in [0.2, 0.25) is 0 Å². The van der Waals surface area contributed by atoms with Crippen molar-refractivity contribution < 1.29 is 9.66 Å². The van der Waals surface area contributed by atoms with Gasteiger partial charge in [0, 0.05) is 6.07 Å². The fourth-order valence-electron chi connectivity index (χ4n) is 1.22. The van der Waals surface area contributed by atoms with Gasteiger partial charge in [-0.25, -0.2) is 0 Å². The zero-order valence-corrected chi connectivity index (χ0v) is 7.32. The van der Waals surface area contributed by atoms with Crippen LogP contribution in [0.25, 0.3) is 0 Å². The molecule has 0 amide bonds. The summed E-state index contributed by atoms with van der Waals surface area (Å²) in [5.41, 5.74) is 0.532. The maximum atomic E-state index is 10.6. The van der Waals surface area contributed by atoms with Gasteiger partial charge >= 0.3 is 0 Å². The third kappa shape index (κ3) is 1.50. The second-order valence-corrected chi connectivity index (χ2v) is 3.16. The second-order valence-electron chi connectivity index (χ2n) is 2.75. The van der Waals surface area contributed by atoms with Crippen LogP contribution in [0.1, 0.15) is 11.7 Å². The number of nitro benzene ring substituents is 1. The molecule has 0 aromatic heterocycles. The highest BCUT2D eigenvalue weighted by atomic mass is 35.5. The van der Waals surface area contributed by atoms with E-state index in [0.717, 1.165) is 0 Å². The van der Waals surface area contributed by atoms with Crippen molar-refractivity contribution in [2.24, 2.45) is 0 Å². The van der Waals surface area contributed by atoms with Gasteiger partial charge in [-0.05, 0) is 6.07 Å². The molecule has 0 spiro atoms. The molecule has 4 nitrogen and oxygen atoms in total. The van der Waals surface area contributed by atoms with E-state index >= 15 is 0 Å². The summed E-state index contributed by atoms with van der Waals surface area (Å²) >= 11 is 5.82. The van der Waals surface area contributed by atoms with Crippen LogP contribution in [0.3, 0.4) is 0 Å². The van der Waals surface area contributed by atoms with Crippen LogP contribution in [-0.2, 0) is 4.74 Å². The average molecular weight is 200 g/mol. The molecule has 68 valence electrons. The smallest absolute Gasteiger partial charge is 0.276 e. The lowest BCUT2D eigenvalue weighted by molar-refractivity contribution is -0.385. The van der Waals surface area contributed by atoms with Crippen LogP contribution < -0.4 is 0 Å². The Balaban J connectivity index is 2.53. The molecule has 2 rings (SSSR count). The highest BCUT2D eigenvalue weighted by Crippen LogP contribution is 2.40. The normalized spacial score (nSPS) is 19.9. The molecule has 1 saturated heterocycles. The van der Waals surface area contributed by atoms with Crippen LogP contribution in [-0.4, -0.2) is 11.5 Å². The van der Waals surface area contributed by atoms with Gasteiger partial charge in [-0.3, -0.25) is 10.1 Å². The lowest BCUT2D eigenvalue weighted by Crippen LogP contribution is -1.94. The van der Waals surface area contributed by atoms with Gasteiger partial charge in [0.05, 0.1) is 22.1 Å². The van der Waals surface area contributed by atoms with E-state index < -0.39 is 4.92 Å². The topological polar surface area (TPSA) is 55.7 Å². The molecule has 13 heavy (non-hydrogen) atoms. The first-order chi connectivity index (χ1) is 6.20. The summed E-state index contributed by atoms with van der Waals surface area (Å²) in [5.74, 6) is 0. The Hall–Kier alpha value is -1.13. The summed E-state index contributed by atoms with van der Waals surface area (Å²) in [6, 6.07) is 4.63. The van der Waals surface area contributed by atoms with E-state index in [4.69, 9.17) is 16.3 Å². The molecule has 1 aromatic rings. The van der Waals surface area contributed by atoms with Crippen LogP contribution in [0, 0.1) is 10.1 Å².